The van der Waals surface area contributed by atoms with E-state index in [-0.39, 0.29) is 43.4 Å². The largest absolute Gasteiger partial charge is 0.453 e. The molecule has 0 bridgehead atoms. The third-order valence-corrected chi connectivity index (χ3v) is 9.85. The van der Waals surface area contributed by atoms with Gasteiger partial charge in [0.25, 0.3) is 16.0 Å². The van der Waals surface area contributed by atoms with E-state index in [1.807, 2.05) is 30.3 Å². The molecule has 2 aliphatic rings. The topological polar surface area (TPSA) is 147 Å². The fourth-order valence-electron chi connectivity index (χ4n) is 6.98. The average Bonchev–Trinajstić information content (AvgIpc) is 3.68. The molecule has 3 unspecified atom stereocenters. The van der Waals surface area contributed by atoms with Crippen molar-refractivity contribution < 1.29 is 50.0 Å². The number of esters is 1. The van der Waals surface area contributed by atoms with Crippen LogP contribution in [0.15, 0.2) is 54.7 Å². The van der Waals surface area contributed by atoms with E-state index in [9.17, 15) is 27.2 Å². The van der Waals surface area contributed by atoms with Gasteiger partial charge in [-0.15, -0.1) is 0 Å². The molecule has 2 aliphatic heterocycles. The Hall–Kier alpha value is -4.41. The minimum absolute atomic E-state index is 0.0282. The van der Waals surface area contributed by atoms with Crippen LogP contribution in [0.4, 0.5) is 13.6 Å². The highest BCUT2D eigenvalue weighted by atomic mass is 32.2. The second kappa shape index (κ2) is 16.9. The maximum Gasteiger partial charge on any atom is 0.410 e. The molecule has 0 aliphatic carbocycles. The van der Waals surface area contributed by atoms with Crippen LogP contribution in [0.1, 0.15) is 64.9 Å². The molecule has 0 radical (unpaired) electrons. The molecule has 13 nitrogen and oxygen atoms in total. The molecular weight excluding hydrogens is 726 g/mol. The van der Waals surface area contributed by atoms with E-state index in [0.29, 0.717) is 31.9 Å². The van der Waals surface area contributed by atoms with Crippen LogP contribution in [-0.2, 0) is 44.6 Å². The first-order valence-electron chi connectivity index (χ1n) is 17.9. The van der Waals surface area contributed by atoms with Gasteiger partial charge < -0.3 is 28.6 Å². The normalized spacial score (nSPS) is 19.3. The molecule has 0 spiro atoms. The third-order valence-electron chi connectivity index (χ3n) is 9.26. The monoisotopic (exact) mass is 774 g/mol. The number of likely N-dealkylation sites (tertiary alicyclic amines) is 1. The van der Waals surface area contributed by atoms with E-state index in [1.54, 1.807) is 31.5 Å². The van der Waals surface area contributed by atoms with Gasteiger partial charge in [-0.25, -0.2) is 18.6 Å². The van der Waals surface area contributed by atoms with Gasteiger partial charge in [-0.05, 0) is 70.2 Å². The van der Waals surface area contributed by atoms with Crippen LogP contribution >= 0.6 is 0 Å². The number of benzene rings is 2. The first-order chi connectivity index (χ1) is 25.4. The number of carbonyl (C=O) groups is 3. The van der Waals surface area contributed by atoms with Crippen LogP contribution in [0.3, 0.4) is 0 Å². The van der Waals surface area contributed by atoms with Crippen molar-refractivity contribution in [2.45, 2.75) is 77.9 Å². The summed E-state index contributed by atoms with van der Waals surface area (Å²) in [6.45, 7) is 8.40. The van der Waals surface area contributed by atoms with Crippen LogP contribution < -0.4 is 0 Å². The molecule has 5 rings (SSSR count). The maximum absolute atomic E-state index is 15.3. The summed E-state index contributed by atoms with van der Waals surface area (Å²) in [4.78, 5) is 47.8. The van der Waals surface area contributed by atoms with Crippen molar-refractivity contribution in [1.82, 2.24) is 19.4 Å². The lowest BCUT2D eigenvalue weighted by Gasteiger charge is -2.41. The second-order valence-corrected chi connectivity index (χ2v) is 16.4. The molecule has 2 fully saturated rings. The number of halogens is 2. The highest BCUT2D eigenvalue weighted by molar-refractivity contribution is 7.86. The van der Waals surface area contributed by atoms with Crippen molar-refractivity contribution in [2.24, 2.45) is 11.8 Å². The van der Waals surface area contributed by atoms with E-state index in [1.165, 1.54) is 23.6 Å². The number of aromatic nitrogens is 2. The Morgan fingerprint density at radius 2 is 1.74 bits per heavy atom. The molecule has 2 saturated heterocycles. The number of hydrogen-bond donors (Lipinski definition) is 0. The van der Waals surface area contributed by atoms with E-state index >= 15 is 4.39 Å². The number of ether oxygens (including phenoxy) is 3. The number of hydrogen-bond acceptors (Lipinski definition) is 10. The first-order valence-corrected chi connectivity index (χ1v) is 19.7. The molecule has 3 heterocycles. The second-order valence-electron chi connectivity index (χ2n) is 14.8. The van der Waals surface area contributed by atoms with Crippen molar-refractivity contribution >= 4 is 28.1 Å². The zero-order valence-corrected chi connectivity index (χ0v) is 32.2. The highest BCUT2D eigenvalue weighted by Crippen LogP contribution is 2.39. The van der Waals surface area contributed by atoms with Gasteiger partial charge >= 0.3 is 12.1 Å². The van der Waals surface area contributed by atoms with Gasteiger partial charge in [-0.1, -0.05) is 30.3 Å². The molecule has 0 saturated carbocycles. The quantitative estimate of drug-likeness (QED) is 0.175. The molecule has 294 valence electrons. The number of carbonyl (C=O) groups excluding carboxylic acids is 3. The zero-order valence-electron chi connectivity index (χ0n) is 31.4. The van der Waals surface area contributed by atoms with Crippen molar-refractivity contribution in [3.05, 3.63) is 77.8 Å². The van der Waals surface area contributed by atoms with Gasteiger partial charge in [0.15, 0.2) is 6.10 Å². The Morgan fingerprint density at radius 1 is 1.06 bits per heavy atom. The van der Waals surface area contributed by atoms with Crippen molar-refractivity contribution in [3.63, 3.8) is 0 Å². The molecule has 1 aromatic heterocycles. The van der Waals surface area contributed by atoms with E-state index < -0.39 is 69.5 Å². The summed E-state index contributed by atoms with van der Waals surface area (Å²) in [5.41, 5.74) is 0.0767. The Kier molecular flexibility index (Phi) is 12.8. The smallest absolute Gasteiger partial charge is 0.410 e. The molecule has 3 aromatic rings. The summed E-state index contributed by atoms with van der Waals surface area (Å²) >= 11 is 0. The number of imidazole rings is 1. The van der Waals surface area contributed by atoms with Crippen LogP contribution in [0.2, 0.25) is 0 Å². The standard InChI is InChI=1S/C38H48F2N4O9S/c1-24(51-25(2)45)36(46)44(21-28-20-43(37(47)52-38(3,4)5)23-33(28)53-54(6,48)49)34(27-14-16-50-17-15-27)35-41-32(30-18-29(39)12-13-31(30)40)22-42(35)19-26-10-8-7-9-11-26/h7-13,18,22,24,27-28,33-34H,14-17,19-21,23H2,1-6H3/t24-,28?,33?,34?/m0/s1. The fraction of sp³-hybridized carbons (Fsp3) is 0.526. The Morgan fingerprint density at radius 3 is 2.37 bits per heavy atom. The minimum Gasteiger partial charge on any atom is -0.453 e. The van der Waals surface area contributed by atoms with Gasteiger partial charge in [0.05, 0.1) is 24.5 Å². The summed E-state index contributed by atoms with van der Waals surface area (Å²) in [6, 6.07) is 11.6. The maximum atomic E-state index is 15.3. The van der Waals surface area contributed by atoms with E-state index in [4.69, 9.17) is 23.4 Å². The zero-order chi connectivity index (χ0) is 39.4. The lowest BCUT2D eigenvalue weighted by atomic mass is 9.88. The number of nitrogens with zero attached hydrogens (tertiary/aromatic N) is 4. The molecule has 54 heavy (non-hydrogen) atoms. The van der Waals surface area contributed by atoms with Crippen molar-refractivity contribution in [3.8, 4) is 11.3 Å². The Labute approximate surface area is 314 Å². The molecule has 16 heteroatoms. The third kappa shape index (κ3) is 10.6. The van der Waals surface area contributed by atoms with Crippen molar-refractivity contribution in [2.75, 3.05) is 39.1 Å². The molecule has 2 amide bonds. The lowest BCUT2D eigenvalue weighted by Crippen LogP contribution is -2.49. The van der Waals surface area contributed by atoms with Gasteiger partial charge in [-0.3, -0.25) is 13.8 Å². The van der Waals surface area contributed by atoms with E-state index in [2.05, 4.69) is 0 Å². The Bertz CT molecular complexity index is 1910. The first kappa shape index (κ1) is 40.8. The van der Waals surface area contributed by atoms with Gasteiger partial charge in [0.1, 0.15) is 29.2 Å². The fourth-order valence-corrected chi connectivity index (χ4v) is 7.65. The summed E-state index contributed by atoms with van der Waals surface area (Å²) in [5.74, 6) is -3.37. The van der Waals surface area contributed by atoms with Gasteiger partial charge in [-0.2, -0.15) is 8.42 Å². The highest BCUT2D eigenvalue weighted by Gasteiger charge is 2.45. The molecule has 2 aromatic carbocycles. The van der Waals surface area contributed by atoms with Crippen LogP contribution in [-0.4, -0.2) is 103 Å². The van der Waals surface area contributed by atoms with Crippen LogP contribution in [0, 0.1) is 23.5 Å². The predicted molar refractivity (Wildman–Crippen MR) is 193 cm³/mol. The Balaban J connectivity index is 1.67. The number of amides is 2. The minimum atomic E-state index is -4.03. The summed E-state index contributed by atoms with van der Waals surface area (Å²) in [6.07, 6.45) is 0.458. The summed E-state index contributed by atoms with van der Waals surface area (Å²) in [7, 11) is -4.03. The van der Waals surface area contributed by atoms with Crippen LogP contribution in [0.25, 0.3) is 11.3 Å². The van der Waals surface area contributed by atoms with Gasteiger partial charge in [0.2, 0.25) is 0 Å². The SMILES string of the molecule is CC(=O)O[C@@H](C)C(=O)N(CC1CN(C(=O)OC(C)(C)C)CC1OS(C)(=O)=O)C(c1nc(-c2cc(F)ccc2F)cn1Cc1ccccc1)C1CCOCC1. The molecule has 4 atom stereocenters. The van der Waals surface area contributed by atoms with Gasteiger partial charge in [0, 0.05) is 57.4 Å². The summed E-state index contributed by atoms with van der Waals surface area (Å²) < 4.78 is 78.9. The van der Waals surface area contributed by atoms with Crippen LogP contribution in [0.5, 0.6) is 0 Å². The predicted octanol–water partition coefficient (Wildman–Crippen LogP) is 5.34. The van der Waals surface area contributed by atoms with E-state index in [0.717, 1.165) is 30.0 Å². The van der Waals surface area contributed by atoms with Crippen molar-refractivity contribution in [1.29, 1.82) is 0 Å². The average molecular weight is 775 g/mol. The number of rotatable bonds is 12. The molecule has 0 N–H and O–H groups in total. The molecular formula is C38H48F2N4O9S. The lowest BCUT2D eigenvalue weighted by molar-refractivity contribution is -0.160. The summed E-state index contributed by atoms with van der Waals surface area (Å²) in [5, 5.41) is 0.